The van der Waals surface area contributed by atoms with Gasteiger partial charge in [0.2, 0.25) is 0 Å². The minimum atomic E-state index is -0.0610. The van der Waals surface area contributed by atoms with Crippen LogP contribution in [0.4, 0.5) is 0 Å². The van der Waals surface area contributed by atoms with Crippen molar-refractivity contribution in [2.75, 3.05) is 0 Å². The number of thiophene rings is 1. The number of aliphatic imine (C=N–C) groups is 1. The maximum absolute atomic E-state index is 6.24. The van der Waals surface area contributed by atoms with Gasteiger partial charge in [-0.3, -0.25) is 4.99 Å². The predicted octanol–water partition coefficient (Wildman–Crippen LogP) is 4.38. The summed E-state index contributed by atoms with van der Waals surface area (Å²) in [6, 6.07) is 8.33. The molecular formula is C13H12Cl2N2S. The molecule has 3 rings (SSSR count). The highest BCUT2D eigenvalue weighted by Crippen LogP contribution is 2.40. The Hall–Kier alpha value is -1.03. The van der Waals surface area contributed by atoms with Gasteiger partial charge in [-0.2, -0.15) is 0 Å². The minimum absolute atomic E-state index is 0. The van der Waals surface area contributed by atoms with Crippen LogP contribution in [-0.4, -0.2) is 6.34 Å². The number of benzene rings is 1. The van der Waals surface area contributed by atoms with E-state index >= 15 is 0 Å². The van der Waals surface area contributed by atoms with Gasteiger partial charge >= 0.3 is 0 Å². The van der Waals surface area contributed by atoms with E-state index in [1.807, 2.05) is 0 Å². The Morgan fingerprint density at radius 1 is 1.33 bits per heavy atom. The Kier molecular flexibility index (Phi) is 3.95. The lowest BCUT2D eigenvalue weighted by atomic mass is 10.0. The molecule has 1 aromatic heterocycles. The lowest BCUT2D eigenvalue weighted by molar-refractivity contribution is 0.871. The summed E-state index contributed by atoms with van der Waals surface area (Å²) in [4.78, 5) is 5.71. The smallest absolute Gasteiger partial charge is 0.115 e. The van der Waals surface area contributed by atoms with E-state index in [9.17, 15) is 0 Å². The molecule has 1 N–H and O–H groups in total. The standard InChI is InChI=1S/C13H11ClN2S.ClH/c1-8-12(13-10(14)6-15-7-16-13)9-4-2-3-5-11(9)17-8;/h2-7,13H,1H3,(H,15,16);1H. The van der Waals surface area contributed by atoms with Crippen LogP contribution >= 0.6 is 35.3 Å². The van der Waals surface area contributed by atoms with Crippen molar-refractivity contribution in [2.45, 2.75) is 13.0 Å². The van der Waals surface area contributed by atoms with Crippen molar-refractivity contribution < 1.29 is 0 Å². The van der Waals surface area contributed by atoms with Gasteiger partial charge in [0.15, 0.2) is 0 Å². The molecule has 0 bridgehead atoms. The third-order valence-electron chi connectivity index (χ3n) is 2.87. The van der Waals surface area contributed by atoms with E-state index in [2.05, 4.69) is 41.5 Å². The Bertz CT molecular complexity index is 631. The maximum Gasteiger partial charge on any atom is 0.115 e. The molecule has 0 saturated heterocycles. The van der Waals surface area contributed by atoms with Crippen molar-refractivity contribution in [2.24, 2.45) is 4.99 Å². The van der Waals surface area contributed by atoms with E-state index in [1.54, 1.807) is 23.9 Å². The zero-order valence-electron chi connectivity index (χ0n) is 9.68. The highest BCUT2D eigenvalue weighted by Gasteiger charge is 2.22. The van der Waals surface area contributed by atoms with Crippen LogP contribution in [0.5, 0.6) is 0 Å². The quantitative estimate of drug-likeness (QED) is 0.830. The zero-order valence-corrected chi connectivity index (χ0v) is 12.1. The van der Waals surface area contributed by atoms with Gasteiger partial charge in [-0.1, -0.05) is 29.8 Å². The molecule has 94 valence electrons. The topological polar surface area (TPSA) is 24.4 Å². The molecule has 1 unspecified atom stereocenters. The SMILES string of the molecule is Cc1sc2ccccc2c1C1N=CNC=C1Cl.Cl. The van der Waals surface area contributed by atoms with Crippen molar-refractivity contribution >= 4 is 51.8 Å². The first-order valence-electron chi connectivity index (χ1n) is 5.38. The third-order valence-corrected chi connectivity index (χ3v) is 4.29. The van der Waals surface area contributed by atoms with Crippen molar-refractivity contribution in [3.8, 4) is 0 Å². The summed E-state index contributed by atoms with van der Waals surface area (Å²) in [6.07, 6.45) is 3.49. The average molecular weight is 299 g/mol. The van der Waals surface area contributed by atoms with Crippen LogP contribution in [0.2, 0.25) is 0 Å². The molecule has 2 nitrogen and oxygen atoms in total. The van der Waals surface area contributed by atoms with Crippen LogP contribution in [0.1, 0.15) is 16.5 Å². The van der Waals surface area contributed by atoms with Crippen molar-refractivity contribution in [1.29, 1.82) is 0 Å². The van der Waals surface area contributed by atoms with Crippen LogP contribution < -0.4 is 5.32 Å². The number of hydrogen-bond donors (Lipinski definition) is 1. The van der Waals surface area contributed by atoms with Crippen molar-refractivity contribution in [3.63, 3.8) is 0 Å². The molecule has 1 aliphatic rings. The van der Waals surface area contributed by atoms with E-state index < -0.39 is 0 Å². The molecule has 0 spiro atoms. The summed E-state index contributed by atoms with van der Waals surface area (Å²) in [5, 5.41) is 4.90. The summed E-state index contributed by atoms with van der Waals surface area (Å²) in [6.45, 7) is 2.13. The fraction of sp³-hybridized carbons (Fsp3) is 0.154. The number of halogens is 2. The van der Waals surface area contributed by atoms with Gasteiger partial charge in [0.25, 0.3) is 0 Å². The van der Waals surface area contributed by atoms with E-state index in [0.29, 0.717) is 0 Å². The molecule has 18 heavy (non-hydrogen) atoms. The zero-order chi connectivity index (χ0) is 11.8. The van der Waals surface area contributed by atoms with Crippen LogP contribution in [0.25, 0.3) is 10.1 Å². The van der Waals surface area contributed by atoms with Crippen LogP contribution in [-0.2, 0) is 0 Å². The summed E-state index contributed by atoms with van der Waals surface area (Å²) in [7, 11) is 0. The Morgan fingerprint density at radius 3 is 2.89 bits per heavy atom. The second-order valence-corrected chi connectivity index (χ2v) is 5.64. The molecule has 5 heteroatoms. The highest BCUT2D eigenvalue weighted by molar-refractivity contribution is 7.19. The van der Waals surface area contributed by atoms with Crippen molar-refractivity contribution in [3.05, 3.63) is 45.9 Å². The monoisotopic (exact) mass is 298 g/mol. The highest BCUT2D eigenvalue weighted by atomic mass is 35.5. The van der Waals surface area contributed by atoms with Crippen LogP contribution in [0.15, 0.2) is 40.5 Å². The fourth-order valence-electron chi connectivity index (χ4n) is 2.12. The molecule has 1 aliphatic heterocycles. The number of nitrogens with one attached hydrogen (secondary N) is 1. The predicted molar refractivity (Wildman–Crippen MR) is 82.1 cm³/mol. The van der Waals surface area contributed by atoms with Crippen molar-refractivity contribution in [1.82, 2.24) is 5.32 Å². The number of nitrogens with zero attached hydrogens (tertiary/aromatic N) is 1. The van der Waals surface area contributed by atoms with E-state index in [1.165, 1.54) is 20.5 Å². The van der Waals surface area contributed by atoms with Gasteiger partial charge < -0.3 is 5.32 Å². The molecule has 1 atom stereocenters. The minimum Gasteiger partial charge on any atom is -0.352 e. The lowest BCUT2D eigenvalue weighted by Crippen LogP contribution is -2.12. The second-order valence-electron chi connectivity index (χ2n) is 3.94. The van der Waals surface area contributed by atoms with E-state index in [4.69, 9.17) is 11.6 Å². The van der Waals surface area contributed by atoms with Gasteiger partial charge in [-0.25, -0.2) is 0 Å². The molecule has 1 aromatic carbocycles. The van der Waals surface area contributed by atoms with E-state index in [-0.39, 0.29) is 18.4 Å². The Balaban J connectivity index is 0.00000120. The number of rotatable bonds is 1. The van der Waals surface area contributed by atoms with Gasteiger partial charge in [-0.05, 0) is 18.4 Å². The lowest BCUT2D eigenvalue weighted by Gasteiger charge is -2.15. The number of aryl methyl sites for hydroxylation is 1. The summed E-state index contributed by atoms with van der Waals surface area (Å²) >= 11 is 8.03. The molecular weight excluding hydrogens is 287 g/mol. The molecule has 0 radical (unpaired) electrons. The van der Waals surface area contributed by atoms with Gasteiger partial charge in [0, 0.05) is 21.3 Å². The first-order chi connectivity index (χ1) is 8.27. The third kappa shape index (κ3) is 2.14. The molecule has 2 heterocycles. The van der Waals surface area contributed by atoms with Gasteiger partial charge in [0.1, 0.15) is 6.04 Å². The molecule has 2 aromatic rings. The summed E-state index contributed by atoms with van der Waals surface area (Å²) in [5.74, 6) is 0. The van der Waals surface area contributed by atoms with E-state index in [0.717, 1.165) is 5.03 Å². The fourth-order valence-corrected chi connectivity index (χ4v) is 3.45. The maximum atomic E-state index is 6.24. The molecule has 0 aliphatic carbocycles. The Morgan fingerprint density at radius 2 is 2.11 bits per heavy atom. The molecule has 0 saturated carbocycles. The number of fused-ring (bicyclic) bond motifs is 1. The first kappa shape index (κ1) is 13.4. The second kappa shape index (κ2) is 5.31. The number of hydrogen-bond acceptors (Lipinski definition) is 3. The first-order valence-corrected chi connectivity index (χ1v) is 6.58. The summed E-state index contributed by atoms with van der Waals surface area (Å²) in [5.41, 5.74) is 1.23. The normalized spacial score (nSPS) is 18.1. The molecule has 0 amide bonds. The average Bonchev–Trinajstić information content (AvgIpc) is 2.66. The van der Waals surface area contributed by atoms with Crippen LogP contribution in [0.3, 0.4) is 0 Å². The van der Waals surface area contributed by atoms with Crippen LogP contribution in [0, 0.1) is 6.92 Å². The summed E-state index contributed by atoms with van der Waals surface area (Å²) < 4.78 is 1.29. The van der Waals surface area contributed by atoms with Gasteiger partial charge in [-0.15, -0.1) is 23.7 Å². The Labute approximate surface area is 121 Å². The largest absolute Gasteiger partial charge is 0.352 e. The van der Waals surface area contributed by atoms with Gasteiger partial charge in [0.05, 0.1) is 11.4 Å². The molecule has 0 fully saturated rings.